The molecule has 0 radical (unpaired) electrons. The highest BCUT2D eigenvalue weighted by atomic mass is 79.9. The second-order valence-corrected chi connectivity index (χ2v) is 5.70. The van der Waals surface area contributed by atoms with Crippen molar-refractivity contribution in [2.45, 2.75) is 38.6 Å². The SMILES string of the molecule is Cc1ccc(/C=C/C(=O)NC2CCCC2)c(Br)c1. The van der Waals surface area contributed by atoms with Gasteiger partial charge in [-0.25, -0.2) is 0 Å². The summed E-state index contributed by atoms with van der Waals surface area (Å²) >= 11 is 3.50. The zero-order valence-corrected chi connectivity index (χ0v) is 12.2. The van der Waals surface area contributed by atoms with Crippen LogP contribution in [0.3, 0.4) is 0 Å². The molecule has 1 aromatic rings. The van der Waals surface area contributed by atoms with Crippen LogP contribution in [0.4, 0.5) is 0 Å². The summed E-state index contributed by atoms with van der Waals surface area (Å²) in [5, 5.41) is 3.04. The monoisotopic (exact) mass is 307 g/mol. The minimum atomic E-state index is 0.00868. The summed E-state index contributed by atoms with van der Waals surface area (Å²) in [7, 11) is 0. The lowest BCUT2D eigenvalue weighted by Crippen LogP contribution is -2.30. The van der Waals surface area contributed by atoms with E-state index in [4.69, 9.17) is 0 Å². The second kappa shape index (κ2) is 6.19. The zero-order valence-electron chi connectivity index (χ0n) is 10.6. The molecular weight excluding hydrogens is 290 g/mol. The Balaban J connectivity index is 1.94. The highest BCUT2D eigenvalue weighted by molar-refractivity contribution is 9.10. The number of hydrogen-bond donors (Lipinski definition) is 1. The summed E-state index contributed by atoms with van der Waals surface area (Å²) in [6.45, 7) is 2.05. The summed E-state index contributed by atoms with van der Waals surface area (Å²) in [6.07, 6.45) is 8.18. The van der Waals surface area contributed by atoms with Crippen molar-refractivity contribution in [2.75, 3.05) is 0 Å². The number of aryl methyl sites for hydroxylation is 1. The first-order valence-corrected chi connectivity index (χ1v) is 7.19. The lowest BCUT2D eigenvalue weighted by atomic mass is 10.1. The van der Waals surface area contributed by atoms with Crippen LogP contribution in [-0.4, -0.2) is 11.9 Å². The number of amides is 1. The molecule has 0 aliphatic heterocycles. The molecule has 2 rings (SSSR count). The number of hydrogen-bond acceptors (Lipinski definition) is 1. The quantitative estimate of drug-likeness (QED) is 0.845. The van der Waals surface area contributed by atoms with Crippen molar-refractivity contribution in [1.82, 2.24) is 5.32 Å². The standard InChI is InChI=1S/C15H18BrNO/c1-11-6-7-12(14(16)10-11)8-9-15(18)17-13-4-2-3-5-13/h6-10,13H,2-5H2,1H3,(H,17,18)/b9-8+. The fraction of sp³-hybridized carbons (Fsp3) is 0.400. The molecule has 1 fully saturated rings. The van der Waals surface area contributed by atoms with Gasteiger partial charge in [0, 0.05) is 16.6 Å². The summed E-state index contributed by atoms with van der Waals surface area (Å²) in [5.74, 6) is 0.00868. The van der Waals surface area contributed by atoms with Gasteiger partial charge in [0.15, 0.2) is 0 Å². The largest absolute Gasteiger partial charge is 0.350 e. The fourth-order valence-electron chi connectivity index (χ4n) is 2.25. The number of halogens is 1. The van der Waals surface area contributed by atoms with Crippen LogP contribution >= 0.6 is 15.9 Å². The second-order valence-electron chi connectivity index (χ2n) is 4.85. The van der Waals surface area contributed by atoms with E-state index in [1.807, 2.05) is 25.1 Å². The van der Waals surface area contributed by atoms with Gasteiger partial charge >= 0.3 is 0 Å². The van der Waals surface area contributed by atoms with E-state index in [9.17, 15) is 4.79 Å². The van der Waals surface area contributed by atoms with Crippen molar-refractivity contribution in [1.29, 1.82) is 0 Å². The molecule has 1 amide bonds. The predicted molar refractivity (Wildman–Crippen MR) is 78.3 cm³/mol. The average molecular weight is 308 g/mol. The first-order valence-electron chi connectivity index (χ1n) is 6.40. The highest BCUT2D eigenvalue weighted by Crippen LogP contribution is 2.20. The van der Waals surface area contributed by atoms with Gasteiger partial charge in [0.25, 0.3) is 0 Å². The molecule has 0 bridgehead atoms. The Morgan fingerprint density at radius 3 is 2.78 bits per heavy atom. The van der Waals surface area contributed by atoms with Crippen LogP contribution in [0.2, 0.25) is 0 Å². The van der Waals surface area contributed by atoms with E-state index in [1.165, 1.54) is 18.4 Å². The Bertz CT molecular complexity index is 462. The molecule has 18 heavy (non-hydrogen) atoms. The van der Waals surface area contributed by atoms with Crippen LogP contribution in [0.1, 0.15) is 36.8 Å². The van der Waals surface area contributed by atoms with Crippen molar-refractivity contribution in [3.63, 3.8) is 0 Å². The molecule has 1 aliphatic rings. The molecule has 0 unspecified atom stereocenters. The Morgan fingerprint density at radius 1 is 1.39 bits per heavy atom. The molecule has 0 heterocycles. The molecule has 0 spiro atoms. The molecular formula is C15H18BrNO. The Morgan fingerprint density at radius 2 is 2.11 bits per heavy atom. The third kappa shape index (κ3) is 3.70. The minimum Gasteiger partial charge on any atom is -0.350 e. The van der Waals surface area contributed by atoms with Gasteiger partial charge in [0.2, 0.25) is 5.91 Å². The topological polar surface area (TPSA) is 29.1 Å². The van der Waals surface area contributed by atoms with E-state index in [-0.39, 0.29) is 5.91 Å². The Kier molecular flexibility index (Phi) is 4.59. The van der Waals surface area contributed by atoms with Gasteiger partial charge in [-0.2, -0.15) is 0 Å². The number of nitrogens with one attached hydrogen (secondary N) is 1. The summed E-state index contributed by atoms with van der Waals surface area (Å²) < 4.78 is 1.02. The van der Waals surface area contributed by atoms with Gasteiger partial charge in [-0.15, -0.1) is 0 Å². The van der Waals surface area contributed by atoms with Gasteiger partial charge < -0.3 is 5.32 Å². The summed E-state index contributed by atoms with van der Waals surface area (Å²) in [5.41, 5.74) is 2.23. The van der Waals surface area contributed by atoms with E-state index in [0.717, 1.165) is 22.9 Å². The van der Waals surface area contributed by atoms with Gasteiger partial charge in [-0.05, 0) is 43.0 Å². The van der Waals surface area contributed by atoms with Gasteiger partial charge in [-0.3, -0.25) is 4.79 Å². The molecule has 1 aromatic carbocycles. The lowest BCUT2D eigenvalue weighted by Gasteiger charge is -2.09. The van der Waals surface area contributed by atoms with E-state index in [0.29, 0.717) is 6.04 Å². The summed E-state index contributed by atoms with van der Waals surface area (Å²) in [6, 6.07) is 6.48. The van der Waals surface area contributed by atoms with Crippen LogP contribution in [0, 0.1) is 6.92 Å². The maximum absolute atomic E-state index is 11.7. The average Bonchev–Trinajstić information content (AvgIpc) is 2.80. The first-order chi connectivity index (χ1) is 8.65. The van der Waals surface area contributed by atoms with Crippen LogP contribution in [-0.2, 0) is 4.79 Å². The Labute approximate surface area is 117 Å². The molecule has 2 nitrogen and oxygen atoms in total. The number of rotatable bonds is 3. The number of benzene rings is 1. The summed E-state index contributed by atoms with van der Waals surface area (Å²) in [4.78, 5) is 11.7. The van der Waals surface area contributed by atoms with Crippen LogP contribution < -0.4 is 5.32 Å². The molecule has 0 saturated heterocycles. The Hall–Kier alpha value is -1.09. The van der Waals surface area contributed by atoms with E-state index in [2.05, 4.69) is 27.3 Å². The minimum absolute atomic E-state index is 0.00868. The van der Waals surface area contributed by atoms with Crippen molar-refractivity contribution in [2.24, 2.45) is 0 Å². The van der Waals surface area contributed by atoms with Crippen molar-refractivity contribution in [3.05, 3.63) is 39.9 Å². The normalized spacial score (nSPS) is 16.3. The number of carbonyl (C=O) groups excluding carboxylic acids is 1. The van der Waals surface area contributed by atoms with Crippen molar-refractivity contribution < 1.29 is 4.79 Å². The third-order valence-electron chi connectivity index (χ3n) is 3.27. The van der Waals surface area contributed by atoms with Gasteiger partial charge in [0.1, 0.15) is 0 Å². The van der Waals surface area contributed by atoms with Gasteiger partial charge in [-0.1, -0.05) is 40.9 Å². The van der Waals surface area contributed by atoms with Crippen molar-refractivity contribution in [3.8, 4) is 0 Å². The molecule has 1 N–H and O–H groups in total. The predicted octanol–water partition coefficient (Wildman–Crippen LogP) is 3.83. The smallest absolute Gasteiger partial charge is 0.244 e. The van der Waals surface area contributed by atoms with Crippen molar-refractivity contribution >= 4 is 27.9 Å². The van der Waals surface area contributed by atoms with E-state index in [1.54, 1.807) is 6.08 Å². The van der Waals surface area contributed by atoms with E-state index < -0.39 is 0 Å². The van der Waals surface area contributed by atoms with Crippen LogP contribution in [0.25, 0.3) is 6.08 Å². The number of carbonyl (C=O) groups is 1. The van der Waals surface area contributed by atoms with Crippen LogP contribution in [0.5, 0.6) is 0 Å². The first kappa shape index (κ1) is 13.3. The maximum atomic E-state index is 11.7. The highest BCUT2D eigenvalue weighted by Gasteiger charge is 2.15. The molecule has 0 atom stereocenters. The zero-order chi connectivity index (χ0) is 13.0. The lowest BCUT2D eigenvalue weighted by molar-refractivity contribution is -0.117. The van der Waals surface area contributed by atoms with E-state index >= 15 is 0 Å². The van der Waals surface area contributed by atoms with Gasteiger partial charge in [0.05, 0.1) is 0 Å². The molecule has 1 saturated carbocycles. The maximum Gasteiger partial charge on any atom is 0.244 e. The molecule has 0 aromatic heterocycles. The molecule has 3 heteroatoms. The molecule has 96 valence electrons. The third-order valence-corrected chi connectivity index (χ3v) is 3.96. The molecule has 1 aliphatic carbocycles. The fourth-order valence-corrected chi connectivity index (χ4v) is 2.88. The van der Waals surface area contributed by atoms with Crippen LogP contribution in [0.15, 0.2) is 28.7 Å².